The number of nitrogens with one attached hydrogen (secondary N) is 1. The number of rotatable bonds is 7. The molecule has 0 amide bonds. The average Bonchev–Trinajstić information content (AvgIpc) is 3.18. The summed E-state index contributed by atoms with van der Waals surface area (Å²) in [5.74, 6) is 1.82. The second-order valence-corrected chi connectivity index (χ2v) is 6.14. The van der Waals surface area contributed by atoms with E-state index >= 15 is 0 Å². The quantitative estimate of drug-likeness (QED) is 0.430. The number of nitrogens with zero attached hydrogens (tertiary/aromatic N) is 3. The molecule has 0 bridgehead atoms. The minimum Gasteiger partial charge on any atom is -0.379 e. The third-order valence-electron chi connectivity index (χ3n) is 4.36. The lowest BCUT2D eigenvalue weighted by molar-refractivity contribution is 0.115. The molecular weight excluding hydrogens is 252 g/mol. The molecule has 0 aromatic rings. The summed E-state index contributed by atoms with van der Waals surface area (Å²) in [4.78, 5) is 8.94. The molecule has 1 aliphatic carbocycles. The van der Waals surface area contributed by atoms with E-state index < -0.39 is 0 Å². The van der Waals surface area contributed by atoms with Gasteiger partial charge in [-0.1, -0.05) is 0 Å². The van der Waals surface area contributed by atoms with E-state index in [0.29, 0.717) is 6.04 Å². The van der Waals surface area contributed by atoms with Crippen molar-refractivity contribution in [1.82, 2.24) is 15.1 Å². The van der Waals surface area contributed by atoms with Crippen molar-refractivity contribution in [1.29, 1.82) is 0 Å². The van der Waals surface area contributed by atoms with Gasteiger partial charge in [0.05, 0.1) is 6.61 Å². The summed E-state index contributed by atoms with van der Waals surface area (Å²) in [6.07, 6.45) is 5.31. The van der Waals surface area contributed by atoms with Crippen LogP contribution >= 0.6 is 0 Å². The second-order valence-electron chi connectivity index (χ2n) is 6.14. The van der Waals surface area contributed by atoms with Crippen molar-refractivity contribution in [2.75, 3.05) is 54.0 Å². The highest BCUT2D eigenvalue weighted by molar-refractivity contribution is 5.79. The molecular formula is C15H30N4O. The van der Waals surface area contributed by atoms with Crippen LogP contribution in [0, 0.1) is 5.92 Å². The summed E-state index contributed by atoms with van der Waals surface area (Å²) in [7, 11) is 6.13. The molecule has 0 spiro atoms. The maximum absolute atomic E-state index is 5.69. The van der Waals surface area contributed by atoms with Crippen molar-refractivity contribution in [3.05, 3.63) is 0 Å². The predicted molar refractivity (Wildman–Crippen MR) is 83.2 cm³/mol. The van der Waals surface area contributed by atoms with Crippen LogP contribution in [-0.4, -0.2) is 75.8 Å². The molecule has 116 valence electrons. The molecule has 2 aliphatic rings. The third kappa shape index (κ3) is 4.94. The zero-order chi connectivity index (χ0) is 14.4. The number of hydrogen-bond donors (Lipinski definition) is 1. The van der Waals surface area contributed by atoms with Crippen LogP contribution in [0.2, 0.25) is 0 Å². The Morgan fingerprint density at radius 2 is 2.20 bits per heavy atom. The maximum atomic E-state index is 5.69. The zero-order valence-electron chi connectivity index (χ0n) is 13.3. The fourth-order valence-electron chi connectivity index (χ4n) is 2.67. The average molecular weight is 282 g/mol. The molecule has 1 saturated heterocycles. The van der Waals surface area contributed by atoms with Crippen molar-refractivity contribution in [3.63, 3.8) is 0 Å². The van der Waals surface area contributed by atoms with Crippen molar-refractivity contribution in [2.24, 2.45) is 10.9 Å². The Bertz CT molecular complexity index is 317. The molecule has 1 atom stereocenters. The van der Waals surface area contributed by atoms with Gasteiger partial charge in [-0.15, -0.1) is 0 Å². The normalized spacial score (nSPS) is 24.1. The number of hydrogen-bond acceptors (Lipinski definition) is 3. The highest BCUT2D eigenvalue weighted by Gasteiger charge is 2.22. The van der Waals surface area contributed by atoms with Gasteiger partial charge in [-0.3, -0.25) is 4.99 Å². The van der Waals surface area contributed by atoms with Crippen LogP contribution in [0.25, 0.3) is 0 Å². The van der Waals surface area contributed by atoms with Gasteiger partial charge in [0.2, 0.25) is 0 Å². The van der Waals surface area contributed by atoms with Crippen molar-refractivity contribution < 1.29 is 4.74 Å². The fraction of sp³-hybridized carbons (Fsp3) is 0.933. The fourth-order valence-corrected chi connectivity index (χ4v) is 2.67. The largest absolute Gasteiger partial charge is 0.379 e. The molecule has 1 heterocycles. The first kappa shape index (κ1) is 15.6. The van der Waals surface area contributed by atoms with Gasteiger partial charge in [-0.2, -0.15) is 0 Å². The summed E-state index contributed by atoms with van der Waals surface area (Å²) in [5.41, 5.74) is 0. The summed E-state index contributed by atoms with van der Waals surface area (Å²) < 4.78 is 5.69. The van der Waals surface area contributed by atoms with Crippen LogP contribution in [0.4, 0.5) is 0 Å². The third-order valence-corrected chi connectivity index (χ3v) is 4.36. The van der Waals surface area contributed by atoms with Gasteiger partial charge in [0.1, 0.15) is 0 Å². The number of aliphatic imine (C=N–C) groups is 1. The van der Waals surface area contributed by atoms with Crippen LogP contribution < -0.4 is 5.32 Å². The summed E-state index contributed by atoms with van der Waals surface area (Å²) in [6.45, 7) is 4.82. The molecule has 0 aromatic carbocycles. The van der Waals surface area contributed by atoms with Crippen LogP contribution in [0.3, 0.4) is 0 Å². The van der Waals surface area contributed by atoms with E-state index in [1.807, 2.05) is 7.05 Å². The highest BCUT2D eigenvalue weighted by atomic mass is 16.5. The Morgan fingerprint density at radius 1 is 1.40 bits per heavy atom. The summed E-state index contributed by atoms with van der Waals surface area (Å²) in [5, 5.41) is 3.48. The molecule has 0 radical (unpaired) electrons. The zero-order valence-corrected chi connectivity index (χ0v) is 13.3. The van der Waals surface area contributed by atoms with Gasteiger partial charge in [0, 0.05) is 39.8 Å². The maximum Gasteiger partial charge on any atom is 0.193 e. The standard InChI is InChI=1S/C15H30N4O/c1-16-15(17-11-14-5-4-8-18(14)2)19(3)9-10-20-12-13-6-7-13/h13-14H,4-12H2,1-3H3,(H,16,17). The molecule has 1 aliphatic heterocycles. The Balaban J connectivity index is 1.61. The Labute approximate surface area is 123 Å². The molecule has 1 saturated carbocycles. The topological polar surface area (TPSA) is 40.1 Å². The van der Waals surface area contributed by atoms with E-state index in [9.17, 15) is 0 Å². The Morgan fingerprint density at radius 3 is 2.80 bits per heavy atom. The minimum absolute atomic E-state index is 0.645. The molecule has 5 nitrogen and oxygen atoms in total. The van der Waals surface area contributed by atoms with Gasteiger partial charge in [-0.25, -0.2) is 0 Å². The molecule has 1 unspecified atom stereocenters. The van der Waals surface area contributed by atoms with Crippen LogP contribution in [0.5, 0.6) is 0 Å². The number of guanidine groups is 1. The van der Waals surface area contributed by atoms with Crippen LogP contribution in [0.1, 0.15) is 25.7 Å². The molecule has 20 heavy (non-hydrogen) atoms. The monoisotopic (exact) mass is 282 g/mol. The first-order valence-electron chi connectivity index (χ1n) is 7.90. The lowest BCUT2D eigenvalue weighted by atomic mass is 10.2. The van der Waals surface area contributed by atoms with Gasteiger partial charge < -0.3 is 19.9 Å². The van der Waals surface area contributed by atoms with Crippen molar-refractivity contribution in [2.45, 2.75) is 31.7 Å². The first-order valence-corrected chi connectivity index (χ1v) is 7.90. The Hall–Kier alpha value is -0.810. The smallest absolute Gasteiger partial charge is 0.193 e. The summed E-state index contributed by atoms with van der Waals surface area (Å²) >= 11 is 0. The first-order chi connectivity index (χ1) is 9.70. The number of likely N-dealkylation sites (tertiary alicyclic amines) is 1. The van der Waals surface area contributed by atoms with Gasteiger partial charge in [0.25, 0.3) is 0 Å². The van der Waals surface area contributed by atoms with Crippen LogP contribution in [0.15, 0.2) is 4.99 Å². The number of ether oxygens (including phenoxy) is 1. The van der Waals surface area contributed by atoms with Crippen LogP contribution in [-0.2, 0) is 4.74 Å². The van der Waals surface area contributed by atoms with E-state index in [0.717, 1.165) is 38.2 Å². The second kappa shape index (κ2) is 7.84. The van der Waals surface area contributed by atoms with E-state index in [1.54, 1.807) is 0 Å². The Kier molecular flexibility index (Phi) is 6.10. The predicted octanol–water partition coefficient (Wildman–Crippen LogP) is 1.01. The minimum atomic E-state index is 0.645. The molecule has 0 aromatic heterocycles. The molecule has 1 N–H and O–H groups in total. The van der Waals surface area contributed by atoms with E-state index in [-0.39, 0.29) is 0 Å². The lowest BCUT2D eigenvalue weighted by Crippen LogP contribution is -2.45. The van der Waals surface area contributed by atoms with Gasteiger partial charge >= 0.3 is 0 Å². The van der Waals surface area contributed by atoms with E-state index in [4.69, 9.17) is 4.74 Å². The SMILES string of the molecule is CN=C(NCC1CCCN1C)N(C)CCOCC1CC1. The lowest BCUT2D eigenvalue weighted by Gasteiger charge is -2.25. The number of likely N-dealkylation sites (N-methyl/N-ethyl adjacent to an activating group) is 2. The summed E-state index contributed by atoms with van der Waals surface area (Å²) in [6, 6.07) is 0.645. The van der Waals surface area contributed by atoms with Crippen molar-refractivity contribution >= 4 is 5.96 Å². The molecule has 2 rings (SSSR count). The van der Waals surface area contributed by atoms with E-state index in [2.05, 4.69) is 34.2 Å². The molecule has 5 heteroatoms. The van der Waals surface area contributed by atoms with E-state index in [1.165, 1.54) is 32.2 Å². The van der Waals surface area contributed by atoms with Gasteiger partial charge in [-0.05, 0) is 45.2 Å². The van der Waals surface area contributed by atoms with Gasteiger partial charge in [0.15, 0.2) is 5.96 Å². The molecule has 2 fully saturated rings. The van der Waals surface area contributed by atoms with Crippen molar-refractivity contribution in [3.8, 4) is 0 Å². The highest BCUT2D eigenvalue weighted by Crippen LogP contribution is 2.28.